The summed E-state index contributed by atoms with van der Waals surface area (Å²) in [5.41, 5.74) is 1.75. The minimum atomic E-state index is -0.125. The number of guanidine groups is 1. The molecule has 0 saturated heterocycles. The molecule has 0 saturated carbocycles. The van der Waals surface area contributed by atoms with Crippen molar-refractivity contribution >= 4 is 63.4 Å². The van der Waals surface area contributed by atoms with Gasteiger partial charge in [0.1, 0.15) is 0 Å². The first-order valence-corrected chi connectivity index (χ1v) is 9.34. The molecule has 0 fully saturated rings. The van der Waals surface area contributed by atoms with E-state index in [9.17, 15) is 4.79 Å². The Morgan fingerprint density at radius 1 is 1.26 bits per heavy atom. The largest absolute Gasteiger partial charge is 0.354 e. The van der Waals surface area contributed by atoms with Gasteiger partial charge in [-0.3, -0.25) is 9.79 Å². The van der Waals surface area contributed by atoms with Crippen LogP contribution in [0.5, 0.6) is 0 Å². The molecule has 0 aliphatic rings. The SMILES string of the molecule is CN=C(NCCNC(=O)c1ccc(Cl)cc1)N(C)Cc1cc(Br)cn1C.I. The molecule has 0 atom stereocenters. The number of halogens is 3. The van der Waals surface area contributed by atoms with Crippen LogP contribution in [0.3, 0.4) is 0 Å². The van der Waals surface area contributed by atoms with Crippen molar-refractivity contribution in [2.45, 2.75) is 6.54 Å². The molecular formula is C18H24BrClIN5O. The summed E-state index contributed by atoms with van der Waals surface area (Å²) in [6.45, 7) is 1.79. The number of amides is 1. The van der Waals surface area contributed by atoms with Gasteiger partial charge in [0.05, 0.1) is 6.54 Å². The average Bonchev–Trinajstić information content (AvgIpc) is 2.92. The van der Waals surface area contributed by atoms with E-state index in [0.717, 1.165) is 17.0 Å². The van der Waals surface area contributed by atoms with E-state index in [1.165, 1.54) is 5.69 Å². The normalized spacial score (nSPS) is 10.9. The molecule has 1 amide bonds. The van der Waals surface area contributed by atoms with Gasteiger partial charge in [0, 0.05) is 61.2 Å². The van der Waals surface area contributed by atoms with Crippen molar-refractivity contribution in [1.29, 1.82) is 0 Å². The highest BCUT2D eigenvalue weighted by atomic mass is 127. The van der Waals surface area contributed by atoms with Gasteiger partial charge in [-0.2, -0.15) is 0 Å². The van der Waals surface area contributed by atoms with Gasteiger partial charge in [-0.25, -0.2) is 0 Å². The van der Waals surface area contributed by atoms with Crippen molar-refractivity contribution in [3.05, 3.63) is 57.3 Å². The molecule has 148 valence electrons. The highest BCUT2D eigenvalue weighted by Crippen LogP contribution is 2.15. The molecule has 2 rings (SSSR count). The smallest absolute Gasteiger partial charge is 0.251 e. The molecule has 2 N–H and O–H groups in total. The summed E-state index contributed by atoms with van der Waals surface area (Å²) in [5, 5.41) is 6.73. The van der Waals surface area contributed by atoms with Gasteiger partial charge in [0.15, 0.2) is 5.96 Å². The van der Waals surface area contributed by atoms with Crippen molar-refractivity contribution in [2.75, 3.05) is 27.2 Å². The van der Waals surface area contributed by atoms with E-state index in [2.05, 4.69) is 42.2 Å². The van der Waals surface area contributed by atoms with Crippen LogP contribution in [0.25, 0.3) is 0 Å². The molecule has 0 radical (unpaired) electrons. The molecule has 0 aliphatic heterocycles. The molecule has 1 aromatic heterocycles. The number of hydrogen-bond acceptors (Lipinski definition) is 2. The van der Waals surface area contributed by atoms with Crippen LogP contribution in [-0.4, -0.2) is 48.5 Å². The number of rotatable bonds is 6. The highest BCUT2D eigenvalue weighted by Gasteiger charge is 2.10. The van der Waals surface area contributed by atoms with Crippen LogP contribution in [-0.2, 0) is 13.6 Å². The summed E-state index contributed by atoms with van der Waals surface area (Å²) in [6.07, 6.45) is 2.02. The molecule has 1 aromatic carbocycles. The fraction of sp³-hybridized carbons (Fsp3) is 0.333. The molecule has 0 bridgehead atoms. The summed E-state index contributed by atoms with van der Waals surface area (Å²) in [6, 6.07) is 8.89. The zero-order valence-corrected chi connectivity index (χ0v) is 20.2. The van der Waals surface area contributed by atoms with Gasteiger partial charge in [-0.1, -0.05) is 11.6 Å². The van der Waals surface area contributed by atoms with Crippen molar-refractivity contribution in [2.24, 2.45) is 12.0 Å². The Hall–Kier alpha value is -1.26. The second-order valence-electron chi connectivity index (χ2n) is 5.85. The predicted octanol–water partition coefficient (Wildman–Crippen LogP) is 3.50. The molecule has 0 unspecified atom stereocenters. The van der Waals surface area contributed by atoms with E-state index in [-0.39, 0.29) is 29.9 Å². The van der Waals surface area contributed by atoms with Crippen LogP contribution in [0.15, 0.2) is 46.0 Å². The summed E-state index contributed by atoms with van der Waals surface area (Å²) in [7, 11) is 5.73. The number of aryl methyl sites for hydroxylation is 1. The van der Waals surface area contributed by atoms with Crippen molar-refractivity contribution in [3.8, 4) is 0 Å². The first-order valence-electron chi connectivity index (χ1n) is 8.17. The van der Waals surface area contributed by atoms with Crippen LogP contribution < -0.4 is 10.6 Å². The first kappa shape index (κ1) is 23.8. The maximum atomic E-state index is 12.1. The van der Waals surface area contributed by atoms with Gasteiger partial charge in [-0.15, -0.1) is 24.0 Å². The second kappa shape index (κ2) is 11.6. The number of aromatic nitrogens is 1. The Morgan fingerprint density at radius 3 is 2.44 bits per heavy atom. The molecule has 1 heterocycles. The Kier molecular flexibility index (Phi) is 10.2. The Labute approximate surface area is 190 Å². The number of aliphatic imine (C=N–C) groups is 1. The van der Waals surface area contributed by atoms with E-state index >= 15 is 0 Å². The Bertz CT molecular complexity index is 779. The topological polar surface area (TPSA) is 61.7 Å². The van der Waals surface area contributed by atoms with Crippen molar-refractivity contribution < 1.29 is 4.79 Å². The lowest BCUT2D eigenvalue weighted by Gasteiger charge is -2.22. The summed E-state index contributed by atoms with van der Waals surface area (Å²) < 4.78 is 3.12. The van der Waals surface area contributed by atoms with Crippen LogP contribution in [0.1, 0.15) is 16.1 Å². The summed E-state index contributed by atoms with van der Waals surface area (Å²) in [4.78, 5) is 18.4. The predicted molar refractivity (Wildman–Crippen MR) is 125 cm³/mol. The van der Waals surface area contributed by atoms with Crippen LogP contribution in [0.4, 0.5) is 0 Å². The lowest BCUT2D eigenvalue weighted by molar-refractivity contribution is 0.0954. The minimum absolute atomic E-state index is 0. The monoisotopic (exact) mass is 567 g/mol. The average molecular weight is 569 g/mol. The number of carbonyl (C=O) groups is 1. The van der Waals surface area contributed by atoms with E-state index in [1.54, 1.807) is 31.3 Å². The lowest BCUT2D eigenvalue weighted by Crippen LogP contribution is -2.42. The lowest BCUT2D eigenvalue weighted by atomic mass is 10.2. The van der Waals surface area contributed by atoms with E-state index in [4.69, 9.17) is 11.6 Å². The van der Waals surface area contributed by atoms with E-state index in [1.807, 2.05) is 25.2 Å². The summed E-state index contributed by atoms with van der Waals surface area (Å²) >= 11 is 9.31. The van der Waals surface area contributed by atoms with E-state index < -0.39 is 0 Å². The zero-order valence-electron chi connectivity index (χ0n) is 15.5. The van der Waals surface area contributed by atoms with Crippen LogP contribution >= 0.6 is 51.5 Å². The Morgan fingerprint density at radius 2 is 1.89 bits per heavy atom. The van der Waals surface area contributed by atoms with E-state index in [0.29, 0.717) is 23.7 Å². The van der Waals surface area contributed by atoms with Crippen molar-refractivity contribution in [1.82, 2.24) is 20.1 Å². The number of nitrogens with one attached hydrogen (secondary N) is 2. The molecule has 9 heteroatoms. The second-order valence-corrected chi connectivity index (χ2v) is 7.21. The number of nitrogens with zero attached hydrogens (tertiary/aromatic N) is 3. The quantitative estimate of drug-likeness (QED) is 0.243. The zero-order chi connectivity index (χ0) is 19.1. The number of carbonyl (C=O) groups excluding carboxylic acids is 1. The molecule has 27 heavy (non-hydrogen) atoms. The Balaban J connectivity index is 0.00000364. The van der Waals surface area contributed by atoms with Crippen LogP contribution in [0, 0.1) is 0 Å². The number of hydrogen-bond donors (Lipinski definition) is 2. The van der Waals surface area contributed by atoms with Gasteiger partial charge >= 0.3 is 0 Å². The third-order valence-electron chi connectivity index (χ3n) is 3.85. The van der Waals surface area contributed by atoms with Crippen molar-refractivity contribution in [3.63, 3.8) is 0 Å². The standard InChI is InChI=1S/C18H23BrClN5O.HI/c1-21-18(25(3)12-16-10-14(19)11-24(16)2)23-9-8-22-17(26)13-4-6-15(20)7-5-13;/h4-7,10-11H,8-9,12H2,1-3H3,(H,21,23)(H,22,26);1H. The minimum Gasteiger partial charge on any atom is -0.354 e. The maximum absolute atomic E-state index is 12.1. The van der Waals surface area contributed by atoms with Crippen LogP contribution in [0.2, 0.25) is 5.02 Å². The fourth-order valence-corrected chi connectivity index (χ4v) is 3.18. The third-order valence-corrected chi connectivity index (χ3v) is 4.53. The summed E-state index contributed by atoms with van der Waals surface area (Å²) in [5.74, 6) is 0.642. The molecule has 0 spiro atoms. The fourth-order valence-electron chi connectivity index (χ4n) is 2.48. The van der Waals surface area contributed by atoms with Gasteiger partial charge in [0.2, 0.25) is 0 Å². The molecule has 0 aliphatic carbocycles. The first-order chi connectivity index (χ1) is 12.4. The third kappa shape index (κ3) is 7.34. The highest BCUT2D eigenvalue weighted by molar-refractivity contribution is 14.0. The number of benzene rings is 1. The van der Waals surface area contributed by atoms with Gasteiger partial charge in [-0.05, 0) is 46.3 Å². The molecule has 2 aromatic rings. The van der Waals surface area contributed by atoms with Gasteiger partial charge < -0.3 is 20.1 Å². The van der Waals surface area contributed by atoms with Gasteiger partial charge in [0.25, 0.3) is 5.91 Å². The maximum Gasteiger partial charge on any atom is 0.251 e. The molecular weight excluding hydrogens is 544 g/mol. The molecule has 6 nitrogen and oxygen atoms in total.